The molecule has 0 nitrogen and oxygen atoms in total. The largest absolute Gasteiger partial charge is 0.184 e. The molecule has 76 valence electrons. The fourth-order valence-corrected chi connectivity index (χ4v) is 1.46. The Morgan fingerprint density at radius 1 is 0.625 bits per heavy atom. The Labute approximate surface area is 148 Å². The van der Waals surface area contributed by atoms with Crippen LogP contribution in [0.15, 0.2) is 48.5 Å². The molecular weight excluding hydrogens is 346 g/mol. The van der Waals surface area contributed by atoms with Crippen molar-refractivity contribution in [2.24, 2.45) is 0 Å². The van der Waals surface area contributed by atoms with Gasteiger partial charge >= 0.3 is 0 Å². The van der Waals surface area contributed by atoms with Gasteiger partial charge in [-0.1, -0.05) is 0 Å². The van der Waals surface area contributed by atoms with E-state index in [0.717, 1.165) is 12.8 Å². The Hall–Kier alpha value is 0.648. The van der Waals surface area contributed by atoms with Gasteiger partial charge in [-0.3, -0.25) is 0 Å². The third kappa shape index (κ3) is 5.82. The van der Waals surface area contributed by atoms with Gasteiger partial charge in [-0.2, -0.15) is 71.8 Å². The van der Waals surface area contributed by atoms with E-state index in [4.69, 9.17) is 0 Å². The Morgan fingerprint density at radius 2 is 0.938 bits per heavy atom. The first kappa shape index (κ1) is 16.6. The van der Waals surface area contributed by atoms with Crippen LogP contribution in [0, 0.1) is 12.1 Å². The minimum absolute atomic E-state index is 0. The van der Waals surface area contributed by atoms with Crippen LogP contribution < -0.4 is 0 Å². The first-order valence-corrected chi connectivity index (χ1v) is 4.85. The molecule has 0 aromatic heterocycles. The van der Waals surface area contributed by atoms with Crippen molar-refractivity contribution in [2.45, 2.75) is 12.8 Å². The minimum Gasteiger partial charge on any atom is -0.184 e. The predicted octanol–water partition coefficient (Wildman–Crippen LogP) is 3.07. The maximum absolute atomic E-state index is 3.03. The third-order valence-corrected chi connectivity index (χ3v) is 2.28. The molecule has 0 saturated carbocycles. The van der Waals surface area contributed by atoms with Crippen molar-refractivity contribution in [1.82, 2.24) is 0 Å². The van der Waals surface area contributed by atoms with Crippen molar-refractivity contribution in [3.8, 4) is 0 Å². The van der Waals surface area contributed by atoms with Crippen LogP contribution in [0.4, 0.5) is 0 Å². The quantitative estimate of drug-likeness (QED) is 0.740. The molecule has 0 saturated heterocycles. The molecule has 0 aliphatic heterocycles. The summed E-state index contributed by atoms with van der Waals surface area (Å²) in [6.45, 7) is 0. The van der Waals surface area contributed by atoms with Gasteiger partial charge in [0.1, 0.15) is 0 Å². The molecule has 0 N–H and O–H groups in total. The standard InChI is InChI=1S/C14H12.2Y/c1-3-7-13(8-4-1)11-12-14-9-5-2-6-10-14;;/h3-10H,11-12H2;;/q-2;;. The van der Waals surface area contributed by atoms with Crippen LogP contribution >= 0.6 is 0 Å². The molecule has 0 spiro atoms. The van der Waals surface area contributed by atoms with Crippen molar-refractivity contribution < 1.29 is 65.4 Å². The van der Waals surface area contributed by atoms with E-state index in [0.29, 0.717) is 0 Å². The Morgan fingerprint density at radius 3 is 1.25 bits per heavy atom. The monoisotopic (exact) mass is 358 g/mol. The van der Waals surface area contributed by atoms with E-state index in [1.165, 1.54) is 11.1 Å². The molecule has 0 aliphatic rings. The molecular formula is C14H12Y2-2. The van der Waals surface area contributed by atoms with Gasteiger partial charge < -0.3 is 0 Å². The molecule has 0 heterocycles. The third-order valence-electron chi connectivity index (χ3n) is 2.28. The number of aryl methyl sites for hydroxylation is 2. The summed E-state index contributed by atoms with van der Waals surface area (Å²) < 4.78 is 0. The van der Waals surface area contributed by atoms with E-state index in [2.05, 4.69) is 36.4 Å². The van der Waals surface area contributed by atoms with Crippen molar-refractivity contribution in [3.63, 3.8) is 0 Å². The number of benzene rings is 2. The maximum atomic E-state index is 3.03. The molecule has 2 radical (unpaired) electrons. The Bertz CT molecular complexity index is 331. The summed E-state index contributed by atoms with van der Waals surface area (Å²) in [6, 6.07) is 22.4. The van der Waals surface area contributed by atoms with Crippen LogP contribution in [0.25, 0.3) is 0 Å². The summed E-state index contributed by atoms with van der Waals surface area (Å²) >= 11 is 0. The van der Waals surface area contributed by atoms with Gasteiger partial charge in [-0.15, -0.1) is 0 Å². The van der Waals surface area contributed by atoms with Gasteiger partial charge in [-0.05, 0) is 12.8 Å². The van der Waals surface area contributed by atoms with E-state index in [1.54, 1.807) is 0 Å². The van der Waals surface area contributed by atoms with Gasteiger partial charge in [0, 0.05) is 65.4 Å². The average molecular weight is 358 g/mol. The molecule has 0 unspecified atom stereocenters. The first-order valence-electron chi connectivity index (χ1n) is 4.85. The first-order chi connectivity index (χ1) is 6.95. The van der Waals surface area contributed by atoms with Crippen molar-refractivity contribution in [3.05, 3.63) is 71.8 Å². The second kappa shape index (κ2) is 9.65. The SMILES string of the molecule is [Y].[Y].[c-]1ccc(CCc2cc[c-]cc2)cc1. The van der Waals surface area contributed by atoms with Gasteiger partial charge in [0.2, 0.25) is 0 Å². The molecule has 2 aromatic carbocycles. The van der Waals surface area contributed by atoms with Crippen LogP contribution in [-0.2, 0) is 78.3 Å². The second-order valence-corrected chi connectivity index (χ2v) is 3.32. The van der Waals surface area contributed by atoms with E-state index in [9.17, 15) is 0 Å². The number of rotatable bonds is 3. The molecule has 2 aromatic rings. The fourth-order valence-electron chi connectivity index (χ4n) is 1.46. The summed E-state index contributed by atoms with van der Waals surface area (Å²) in [4.78, 5) is 0. The van der Waals surface area contributed by atoms with E-state index >= 15 is 0 Å². The molecule has 2 heteroatoms. The normalized spacial score (nSPS) is 8.75. The predicted molar refractivity (Wildman–Crippen MR) is 58.0 cm³/mol. The topological polar surface area (TPSA) is 0 Å². The van der Waals surface area contributed by atoms with Gasteiger partial charge in [0.05, 0.1) is 0 Å². The smallest absolute Gasteiger partial charge is 0 e. The zero-order valence-corrected chi connectivity index (χ0v) is 14.9. The van der Waals surface area contributed by atoms with E-state index < -0.39 is 0 Å². The average Bonchev–Trinajstić information content (AvgIpc) is 2.29. The van der Waals surface area contributed by atoms with Crippen LogP contribution in [0.3, 0.4) is 0 Å². The summed E-state index contributed by atoms with van der Waals surface area (Å²) in [7, 11) is 0. The zero-order valence-electron chi connectivity index (χ0n) is 9.19. The minimum atomic E-state index is 0. The van der Waals surface area contributed by atoms with Gasteiger partial charge in [-0.25, -0.2) is 0 Å². The van der Waals surface area contributed by atoms with Crippen LogP contribution in [0.2, 0.25) is 0 Å². The van der Waals surface area contributed by atoms with Crippen LogP contribution in [0.1, 0.15) is 11.1 Å². The molecule has 2 rings (SSSR count). The molecule has 0 bridgehead atoms. The fraction of sp³-hybridized carbons (Fsp3) is 0.143. The van der Waals surface area contributed by atoms with E-state index in [-0.39, 0.29) is 65.4 Å². The zero-order chi connectivity index (χ0) is 9.64. The Balaban J connectivity index is 0.00000112. The number of hydrogen-bond donors (Lipinski definition) is 0. The summed E-state index contributed by atoms with van der Waals surface area (Å²) in [5, 5.41) is 0. The summed E-state index contributed by atoms with van der Waals surface area (Å²) in [5.74, 6) is 0. The summed E-state index contributed by atoms with van der Waals surface area (Å²) in [5.41, 5.74) is 2.74. The van der Waals surface area contributed by atoms with Crippen LogP contribution in [-0.4, -0.2) is 0 Å². The molecule has 0 atom stereocenters. The molecule has 0 fully saturated rings. The van der Waals surface area contributed by atoms with Crippen molar-refractivity contribution >= 4 is 0 Å². The second-order valence-electron chi connectivity index (χ2n) is 3.32. The van der Waals surface area contributed by atoms with E-state index in [1.807, 2.05) is 24.3 Å². The van der Waals surface area contributed by atoms with Crippen LogP contribution in [0.5, 0.6) is 0 Å². The van der Waals surface area contributed by atoms with Gasteiger partial charge in [0.25, 0.3) is 0 Å². The molecule has 0 amide bonds. The summed E-state index contributed by atoms with van der Waals surface area (Å²) in [6.07, 6.45) is 2.19. The molecule has 16 heavy (non-hydrogen) atoms. The Kier molecular flexibility index (Phi) is 10.0. The molecule has 0 aliphatic carbocycles. The maximum Gasteiger partial charge on any atom is 0 e. The van der Waals surface area contributed by atoms with Crippen molar-refractivity contribution in [2.75, 3.05) is 0 Å². The van der Waals surface area contributed by atoms with Crippen molar-refractivity contribution in [1.29, 1.82) is 0 Å². The van der Waals surface area contributed by atoms with Gasteiger partial charge in [0.15, 0.2) is 0 Å². The number of hydrogen-bond acceptors (Lipinski definition) is 0.